The molecule has 5 nitrogen and oxygen atoms in total. The number of likely N-dealkylation sites (N-methyl/N-ethyl adjacent to an activating group) is 2. The smallest absolute Gasteiger partial charge is 0.209 e. The van der Waals surface area contributed by atoms with Gasteiger partial charge >= 0.3 is 0 Å². The Morgan fingerprint density at radius 1 is 1.60 bits per heavy atom. The summed E-state index contributed by atoms with van der Waals surface area (Å²) in [4.78, 5) is 12.5. The molecule has 4 N–H and O–H groups in total. The average molecular weight is 214 g/mol. The van der Waals surface area contributed by atoms with E-state index in [4.69, 9.17) is 5.73 Å². The zero-order valence-corrected chi connectivity index (χ0v) is 9.84. The zero-order chi connectivity index (χ0) is 11.9. The second-order valence-electron chi connectivity index (χ2n) is 3.79. The van der Waals surface area contributed by atoms with E-state index >= 15 is 0 Å². The highest BCUT2D eigenvalue weighted by atomic mass is 16.1. The van der Waals surface area contributed by atoms with E-state index in [0.717, 1.165) is 13.0 Å². The summed E-state index contributed by atoms with van der Waals surface area (Å²) in [7, 11) is 3.65. The fourth-order valence-electron chi connectivity index (χ4n) is 1.17. The first-order chi connectivity index (χ1) is 7.00. The molecule has 0 bridgehead atoms. The van der Waals surface area contributed by atoms with Crippen molar-refractivity contribution in [3.8, 4) is 0 Å². The third-order valence-electron chi connectivity index (χ3n) is 2.58. The highest BCUT2D eigenvalue weighted by molar-refractivity contribution is 5.47. The van der Waals surface area contributed by atoms with E-state index in [1.807, 2.05) is 14.0 Å². The van der Waals surface area contributed by atoms with Gasteiger partial charge in [-0.3, -0.25) is 4.79 Å². The summed E-state index contributed by atoms with van der Waals surface area (Å²) >= 11 is 0. The third-order valence-corrected chi connectivity index (χ3v) is 2.58. The van der Waals surface area contributed by atoms with Crippen molar-refractivity contribution in [2.75, 3.05) is 33.7 Å². The fourth-order valence-corrected chi connectivity index (χ4v) is 1.17. The zero-order valence-electron chi connectivity index (χ0n) is 9.84. The third kappa shape index (κ3) is 4.31. The predicted octanol–water partition coefficient (Wildman–Crippen LogP) is -0.885. The van der Waals surface area contributed by atoms with Gasteiger partial charge in [-0.1, -0.05) is 6.58 Å². The van der Waals surface area contributed by atoms with Crippen molar-refractivity contribution in [3.63, 3.8) is 0 Å². The Hall–Kier alpha value is -1.07. The summed E-state index contributed by atoms with van der Waals surface area (Å²) in [6.07, 6.45) is 0.829. The van der Waals surface area contributed by atoms with E-state index in [1.165, 1.54) is 0 Å². The lowest BCUT2D eigenvalue weighted by Gasteiger charge is -2.33. The van der Waals surface area contributed by atoms with Crippen molar-refractivity contribution in [2.45, 2.75) is 12.5 Å². The second kappa shape index (κ2) is 6.42. The molecule has 1 unspecified atom stereocenters. The maximum absolute atomic E-state index is 10.8. The van der Waals surface area contributed by atoms with Gasteiger partial charge in [0.25, 0.3) is 0 Å². The van der Waals surface area contributed by atoms with Gasteiger partial charge in [0.2, 0.25) is 6.41 Å². The Bertz CT molecular complexity index is 219. The summed E-state index contributed by atoms with van der Waals surface area (Å²) < 4.78 is 0. The molecule has 0 rings (SSSR count). The standard InChI is InChI=1S/C10H22N4O/c1-9(11)10(2,13-4)7-14(8-15)6-5-12-3/h8,12-13H,1,5-7,11H2,2-4H3. The van der Waals surface area contributed by atoms with Crippen LogP contribution in [0.3, 0.4) is 0 Å². The van der Waals surface area contributed by atoms with E-state index in [-0.39, 0.29) is 0 Å². The summed E-state index contributed by atoms with van der Waals surface area (Å²) in [6, 6.07) is 0. The molecule has 1 amide bonds. The van der Waals surface area contributed by atoms with Crippen LogP contribution >= 0.6 is 0 Å². The Balaban J connectivity index is 4.36. The van der Waals surface area contributed by atoms with Gasteiger partial charge in [-0.05, 0) is 21.0 Å². The van der Waals surface area contributed by atoms with Crippen molar-refractivity contribution in [1.29, 1.82) is 0 Å². The molecule has 0 aromatic rings. The summed E-state index contributed by atoms with van der Waals surface area (Å²) in [5, 5.41) is 6.06. The predicted molar refractivity (Wildman–Crippen MR) is 62.4 cm³/mol. The number of amides is 1. The molecular formula is C10H22N4O. The van der Waals surface area contributed by atoms with Crippen molar-refractivity contribution in [2.24, 2.45) is 5.73 Å². The van der Waals surface area contributed by atoms with Crippen LogP contribution < -0.4 is 16.4 Å². The number of rotatable bonds is 8. The van der Waals surface area contributed by atoms with Crippen LogP contribution in [0, 0.1) is 0 Å². The van der Waals surface area contributed by atoms with Crippen LogP contribution in [0.15, 0.2) is 12.3 Å². The first-order valence-corrected chi connectivity index (χ1v) is 4.98. The molecule has 0 aliphatic rings. The highest BCUT2D eigenvalue weighted by Gasteiger charge is 2.26. The monoisotopic (exact) mass is 214 g/mol. The van der Waals surface area contributed by atoms with Crippen LogP contribution in [0.25, 0.3) is 0 Å². The summed E-state index contributed by atoms with van der Waals surface area (Å²) in [5.74, 6) is 0. The molecule has 0 heterocycles. The van der Waals surface area contributed by atoms with E-state index in [2.05, 4.69) is 17.2 Å². The number of carbonyl (C=O) groups excluding carboxylic acids is 1. The van der Waals surface area contributed by atoms with Crippen LogP contribution in [0.2, 0.25) is 0 Å². The van der Waals surface area contributed by atoms with Crippen LogP contribution in [-0.2, 0) is 4.79 Å². The van der Waals surface area contributed by atoms with Gasteiger partial charge in [-0.25, -0.2) is 0 Å². The number of nitrogens with zero attached hydrogens (tertiary/aromatic N) is 1. The van der Waals surface area contributed by atoms with Gasteiger partial charge in [0, 0.05) is 25.3 Å². The number of hydrogen-bond acceptors (Lipinski definition) is 4. The van der Waals surface area contributed by atoms with Crippen molar-refractivity contribution in [3.05, 3.63) is 12.3 Å². The van der Waals surface area contributed by atoms with Gasteiger partial charge < -0.3 is 21.3 Å². The summed E-state index contributed by atoms with van der Waals surface area (Å²) in [6.45, 7) is 7.58. The van der Waals surface area contributed by atoms with Crippen molar-refractivity contribution in [1.82, 2.24) is 15.5 Å². The Morgan fingerprint density at radius 3 is 2.53 bits per heavy atom. The maximum Gasteiger partial charge on any atom is 0.209 e. The Morgan fingerprint density at radius 2 is 2.20 bits per heavy atom. The Kier molecular flexibility index (Phi) is 5.96. The first kappa shape index (κ1) is 13.9. The largest absolute Gasteiger partial charge is 0.401 e. The lowest BCUT2D eigenvalue weighted by atomic mass is 9.99. The number of nitrogens with two attached hydrogens (primary N) is 1. The van der Waals surface area contributed by atoms with Crippen molar-refractivity contribution < 1.29 is 4.79 Å². The molecule has 15 heavy (non-hydrogen) atoms. The van der Waals surface area contributed by atoms with Crippen LogP contribution in [-0.4, -0.2) is 50.6 Å². The molecule has 0 saturated carbocycles. The van der Waals surface area contributed by atoms with Gasteiger partial charge in [-0.15, -0.1) is 0 Å². The van der Waals surface area contributed by atoms with Gasteiger partial charge in [0.15, 0.2) is 0 Å². The highest BCUT2D eigenvalue weighted by Crippen LogP contribution is 2.10. The molecule has 0 aliphatic carbocycles. The fraction of sp³-hybridized carbons (Fsp3) is 0.700. The maximum atomic E-state index is 10.8. The molecule has 88 valence electrons. The average Bonchev–Trinajstić information content (AvgIpc) is 2.23. The molecule has 0 aromatic heterocycles. The second-order valence-corrected chi connectivity index (χ2v) is 3.79. The number of hydrogen-bond donors (Lipinski definition) is 3. The summed E-state index contributed by atoms with van der Waals surface area (Å²) in [5.41, 5.74) is 5.79. The molecular weight excluding hydrogens is 192 g/mol. The van der Waals surface area contributed by atoms with E-state index in [0.29, 0.717) is 18.8 Å². The molecule has 0 radical (unpaired) electrons. The molecule has 0 fully saturated rings. The topological polar surface area (TPSA) is 70.4 Å². The van der Waals surface area contributed by atoms with Crippen LogP contribution in [0.1, 0.15) is 6.92 Å². The lowest BCUT2D eigenvalue weighted by molar-refractivity contribution is -0.118. The van der Waals surface area contributed by atoms with Gasteiger partial charge in [0.1, 0.15) is 0 Å². The SMILES string of the molecule is C=C(N)C(C)(CN(C=O)CCNC)NC. The van der Waals surface area contributed by atoms with Gasteiger partial charge in [-0.2, -0.15) is 0 Å². The molecule has 0 aromatic carbocycles. The van der Waals surface area contributed by atoms with Gasteiger partial charge in [0.05, 0.1) is 5.54 Å². The van der Waals surface area contributed by atoms with E-state index < -0.39 is 5.54 Å². The minimum absolute atomic E-state index is 0.436. The quantitative estimate of drug-likeness (QED) is 0.459. The molecule has 5 heteroatoms. The normalized spacial score (nSPS) is 14.3. The number of nitrogens with one attached hydrogen (secondary N) is 2. The molecule has 0 spiro atoms. The van der Waals surface area contributed by atoms with Crippen LogP contribution in [0.5, 0.6) is 0 Å². The van der Waals surface area contributed by atoms with E-state index in [9.17, 15) is 4.79 Å². The Labute approximate surface area is 91.7 Å². The minimum atomic E-state index is -0.436. The minimum Gasteiger partial charge on any atom is -0.401 e. The number of carbonyl (C=O) groups is 1. The lowest BCUT2D eigenvalue weighted by Crippen LogP contribution is -2.53. The molecule has 0 aliphatic heterocycles. The van der Waals surface area contributed by atoms with Crippen LogP contribution in [0.4, 0.5) is 0 Å². The molecule has 1 atom stereocenters. The van der Waals surface area contributed by atoms with E-state index in [1.54, 1.807) is 11.9 Å². The first-order valence-electron chi connectivity index (χ1n) is 4.98. The van der Waals surface area contributed by atoms with Crippen molar-refractivity contribution >= 4 is 6.41 Å². The molecule has 0 saturated heterocycles.